The predicted molar refractivity (Wildman–Crippen MR) is 93.6 cm³/mol. The summed E-state index contributed by atoms with van der Waals surface area (Å²) in [5.41, 5.74) is 0.336. The van der Waals surface area contributed by atoms with Crippen LogP contribution >= 0.6 is 0 Å². The highest BCUT2D eigenvalue weighted by molar-refractivity contribution is 5.87. The lowest BCUT2D eigenvalue weighted by Crippen LogP contribution is -2.30. The lowest BCUT2D eigenvalue weighted by molar-refractivity contribution is 0.0116. The van der Waals surface area contributed by atoms with Crippen molar-refractivity contribution in [3.63, 3.8) is 0 Å². The number of carboxylic acids is 1. The molecule has 2 unspecified atom stereocenters. The molecular weight excluding hydrogens is 357 g/mol. The Kier molecular flexibility index (Phi) is 7.27. The molecule has 0 aliphatic heterocycles. The van der Waals surface area contributed by atoms with Crippen LogP contribution < -0.4 is 5.32 Å². The topological polar surface area (TPSA) is 116 Å². The molecule has 0 radical (unpaired) electrons. The highest BCUT2D eigenvalue weighted by atomic mass is 19.1. The van der Waals surface area contributed by atoms with Crippen LogP contribution in [0, 0.1) is 5.82 Å². The van der Waals surface area contributed by atoms with Crippen LogP contribution in [-0.4, -0.2) is 40.0 Å². The summed E-state index contributed by atoms with van der Waals surface area (Å²) in [5, 5.41) is 31.2. The van der Waals surface area contributed by atoms with Gasteiger partial charge in [-0.1, -0.05) is 36.4 Å². The smallest absolute Gasteiger partial charge is 0.407 e. The summed E-state index contributed by atoms with van der Waals surface area (Å²) in [7, 11) is 0. The van der Waals surface area contributed by atoms with E-state index in [4.69, 9.17) is 9.84 Å². The van der Waals surface area contributed by atoms with Crippen LogP contribution in [0.1, 0.15) is 34.0 Å². The maximum atomic E-state index is 13.9. The number of aliphatic hydroxyl groups is 2. The maximum absolute atomic E-state index is 13.9. The van der Waals surface area contributed by atoms with Crippen molar-refractivity contribution in [2.24, 2.45) is 0 Å². The fourth-order valence-corrected chi connectivity index (χ4v) is 2.36. The largest absolute Gasteiger partial charge is 0.478 e. The Hall–Kier alpha value is -2.97. The molecule has 4 N–H and O–H groups in total. The third-order valence-corrected chi connectivity index (χ3v) is 3.85. The molecule has 27 heavy (non-hydrogen) atoms. The van der Waals surface area contributed by atoms with Crippen LogP contribution in [0.15, 0.2) is 48.5 Å². The molecule has 2 aromatic carbocycles. The molecule has 7 nitrogen and oxygen atoms in total. The van der Waals surface area contributed by atoms with Crippen LogP contribution in [0.25, 0.3) is 0 Å². The number of benzene rings is 2. The van der Waals surface area contributed by atoms with Gasteiger partial charge in [-0.05, 0) is 24.1 Å². The molecule has 0 heterocycles. The van der Waals surface area contributed by atoms with Gasteiger partial charge in [0, 0.05) is 12.1 Å². The fraction of sp³-hybridized carbons (Fsp3) is 0.263. The summed E-state index contributed by atoms with van der Waals surface area (Å²) in [4.78, 5) is 22.4. The molecule has 144 valence electrons. The number of aromatic carboxylic acids is 1. The van der Waals surface area contributed by atoms with Gasteiger partial charge in [-0.15, -0.1) is 0 Å². The zero-order valence-electron chi connectivity index (χ0n) is 14.3. The minimum atomic E-state index is -1.56. The first kappa shape index (κ1) is 20.3. The number of hydrogen-bond donors (Lipinski definition) is 4. The Bertz CT molecular complexity index is 783. The van der Waals surface area contributed by atoms with E-state index in [-0.39, 0.29) is 30.7 Å². The molecule has 0 saturated carbocycles. The highest BCUT2D eigenvalue weighted by Gasteiger charge is 2.22. The normalized spacial score (nSPS) is 12.9. The van der Waals surface area contributed by atoms with Crippen molar-refractivity contribution >= 4 is 12.1 Å². The lowest BCUT2D eigenvalue weighted by atomic mass is 10.00. The minimum absolute atomic E-state index is 0.000673. The number of alkyl carbamates (subject to hydrolysis) is 1. The quantitative estimate of drug-likeness (QED) is 0.561. The Morgan fingerprint density at radius 1 is 1.11 bits per heavy atom. The molecule has 0 saturated heterocycles. The number of nitrogens with one attached hydrogen (secondary N) is 1. The molecule has 2 rings (SSSR count). The molecule has 0 aromatic heterocycles. The van der Waals surface area contributed by atoms with Gasteiger partial charge >= 0.3 is 12.1 Å². The number of aliphatic hydroxyl groups excluding tert-OH is 2. The molecule has 2 aromatic rings. The molecule has 0 aliphatic rings. The molecular formula is C19H20FNO6. The second kappa shape index (κ2) is 9.65. The van der Waals surface area contributed by atoms with Crippen LogP contribution in [0.5, 0.6) is 0 Å². The molecule has 0 aliphatic carbocycles. The van der Waals surface area contributed by atoms with Crippen LogP contribution in [0.2, 0.25) is 0 Å². The molecule has 8 heteroatoms. The third-order valence-electron chi connectivity index (χ3n) is 3.85. The zero-order valence-corrected chi connectivity index (χ0v) is 14.3. The maximum Gasteiger partial charge on any atom is 0.407 e. The summed E-state index contributed by atoms with van der Waals surface area (Å²) in [6.45, 7) is 0.0969. The summed E-state index contributed by atoms with van der Waals surface area (Å²) in [5.74, 6) is -2.23. The first-order chi connectivity index (χ1) is 12.9. The van der Waals surface area contributed by atoms with E-state index in [1.807, 2.05) is 18.2 Å². The molecule has 2 atom stereocenters. The van der Waals surface area contributed by atoms with E-state index >= 15 is 0 Å². The van der Waals surface area contributed by atoms with Crippen molar-refractivity contribution < 1.29 is 34.0 Å². The van der Waals surface area contributed by atoms with Crippen molar-refractivity contribution in [1.82, 2.24) is 5.32 Å². The molecule has 1 amide bonds. The van der Waals surface area contributed by atoms with Gasteiger partial charge in [0.15, 0.2) is 0 Å². The SMILES string of the molecule is O=C(NCCC(O)C(O)c1ccc(C(=O)O)cc1F)OCc1ccccc1. The standard InChI is InChI=1S/C19H20FNO6/c20-15-10-13(18(24)25)6-7-14(15)17(23)16(22)8-9-21-19(26)27-11-12-4-2-1-3-5-12/h1-7,10,16-17,22-23H,8-9,11H2,(H,21,26)(H,24,25). The van der Waals surface area contributed by atoms with E-state index in [9.17, 15) is 24.2 Å². The Morgan fingerprint density at radius 2 is 1.81 bits per heavy atom. The number of ether oxygens (including phenoxy) is 1. The fourth-order valence-electron chi connectivity index (χ4n) is 2.36. The number of carboxylic acid groups (broad SMARTS) is 1. The zero-order chi connectivity index (χ0) is 19.8. The van der Waals surface area contributed by atoms with Gasteiger partial charge < -0.3 is 25.4 Å². The second-order valence-corrected chi connectivity index (χ2v) is 5.83. The Labute approximate surface area is 155 Å². The number of rotatable bonds is 8. The van der Waals surface area contributed by atoms with Crippen molar-refractivity contribution in [3.05, 3.63) is 71.0 Å². The summed E-state index contributed by atoms with van der Waals surface area (Å²) >= 11 is 0. The first-order valence-corrected chi connectivity index (χ1v) is 8.22. The number of amides is 1. The van der Waals surface area contributed by atoms with Crippen molar-refractivity contribution in [3.8, 4) is 0 Å². The number of carbonyl (C=O) groups excluding carboxylic acids is 1. The third kappa shape index (κ3) is 6.05. The van der Waals surface area contributed by atoms with Crippen LogP contribution in [0.3, 0.4) is 0 Å². The van der Waals surface area contributed by atoms with Crippen molar-refractivity contribution in [1.29, 1.82) is 0 Å². The second-order valence-electron chi connectivity index (χ2n) is 5.83. The molecule has 0 bridgehead atoms. The number of halogens is 1. The molecule has 0 fully saturated rings. The van der Waals surface area contributed by atoms with Gasteiger partial charge in [0.1, 0.15) is 18.5 Å². The number of hydrogen-bond acceptors (Lipinski definition) is 5. The summed E-state index contributed by atoms with van der Waals surface area (Å²) < 4.78 is 18.9. The van der Waals surface area contributed by atoms with Gasteiger partial charge in [0.05, 0.1) is 11.7 Å². The van der Waals surface area contributed by atoms with E-state index in [1.165, 1.54) is 0 Å². The van der Waals surface area contributed by atoms with E-state index in [0.717, 1.165) is 23.8 Å². The van der Waals surface area contributed by atoms with Gasteiger partial charge in [-0.2, -0.15) is 0 Å². The summed E-state index contributed by atoms with van der Waals surface area (Å²) in [6, 6.07) is 12.1. The lowest BCUT2D eigenvalue weighted by Gasteiger charge is -2.19. The average molecular weight is 377 g/mol. The van der Waals surface area contributed by atoms with Gasteiger partial charge in [-0.3, -0.25) is 0 Å². The van der Waals surface area contributed by atoms with E-state index in [1.54, 1.807) is 12.1 Å². The monoisotopic (exact) mass is 377 g/mol. The Balaban J connectivity index is 1.78. The van der Waals surface area contributed by atoms with Crippen molar-refractivity contribution in [2.75, 3.05) is 6.54 Å². The predicted octanol–water partition coefficient (Wildman–Crippen LogP) is 2.23. The van der Waals surface area contributed by atoms with Gasteiger partial charge in [0.25, 0.3) is 0 Å². The summed E-state index contributed by atoms with van der Waals surface area (Å²) in [6.07, 6.45) is -3.65. The minimum Gasteiger partial charge on any atom is -0.478 e. The van der Waals surface area contributed by atoms with E-state index in [0.29, 0.717) is 0 Å². The van der Waals surface area contributed by atoms with E-state index in [2.05, 4.69) is 5.32 Å². The average Bonchev–Trinajstić information content (AvgIpc) is 2.66. The highest BCUT2D eigenvalue weighted by Crippen LogP contribution is 2.22. The Morgan fingerprint density at radius 3 is 2.44 bits per heavy atom. The van der Waals surface area contributed by atoms with Gasteiger partial charge in [-0.25, -0.2) is 14.0 Å². The number of carbonyl (C=O) groups is 2. The van der Waals surface area contributed by atoms with Crippen LogP contribution in [0.4, 0.5) is 9.18 Å². The van der Waals surface area contributed by atoms with E-state index < -0.39 is 30.1 Å². The van der Waals surface area contributed by atoms with Gasteiger partial charge in [0.2, 0.25) is 0 Å². The molecule has 0 spiro atoms. The first-order valence-electron chi connectivity index (χ1n) is 8.22. The van der Waals surface area contributed by atoms with Crippen LogP contribution in [-0.2, 0) is 11.3 Å². The van der Waals surface area contributed by atoms with Crippen molar-refractivity contribution in [2.45, 2.75) is 25.2 Å².